The zero-order valence-electron chi connectivity index (χ0n) is 10.7. The number of hydrogen-bond acceptors (Lipinski definition) is 3. The molecule has 0 radical (unpaired) electrons. The van der Waals surface area contributed by atoms with Gasteiger partial charge in [-0.15, -0.1) is 0 Å². The van der Waals surface area contributed by atoms with E-state index < -0.39 is 0 Å². The Bertz CT molecular complexity index is 557. The summed E-state index contributed by atoms with van der Waals surface area (Å²) in [5.41, 5.74) is 2.59. The summed E-state index contributed by atoms with van der Waals surface area (Å²) in [6.07, 6.45) is 4.64. The second-order valence-corrected chi connectivity index (χ2v) is 4.77. The smallest absolute Gasteiger partial charge is 0.153 e. The first-order valence-corrected chi connectivity index (χ1v) is 6.55. The summed E-state index contributed by atoms with van der Waals surface area (Å²) < 4.78 is 7.43. The molecule has 0 spiro atoms. The highest BCUT2D eigenvalue weighted by Crippen LogP contribution is 2.29. The summed E-state index contributed by atoms with van der Waals surface area (Å²) in [6.45, 7) is 1.43. The van der Waals surface area contributed by atoms with Gasteiger partial charge in [0.05, 0.1) is 12.1 Å². The second kappa shape index (κ2) is 5.36. The third-order valence-electron chi connectivity index (χ3n) is 3.37. The van der Waals surface area contributed by atoms with Gasteiger partial charge in [0.1, 0.15) is 11.8 Å². The van der Waals surface area contributed by atoms with Gasteiger partial charge in [-0.25, -0.2) is 0 Å². The van der Waals surface area contributed by atoms with Gasteiger partial charge in [0.25, 0.3) is 0 Å². The van der Waals surface area contributed by atoms with Crippen molar-refractivity contribution in [2.45, 2.75) is 25.5 Å². The number of aldehydes is 1. The van der Waals surface area contributed by atoms with Crippen molar-refractivity contribution < 1.29 is 9.53 Å². The SMILES string of the molecule is O=Cc1cn(Cc2ccccc2)nc1C1CCCO1. The van der Waals surface area contributed by atoms with E-state index >= 15 is 0 Å². The molecule has 1 fully saturated rings. The number of carbonyl (C=O) groups is 1. The molecule has 1 aliphatic rings. The van der Waals surface area contributed by atoms with E-state index in [9.17, 15) is 4.79 Å². The number of benzene rings is 1. The fourth-order valence-electron chi connectivity index (χ4n) is 2.44. The third kappa shape index (κ3) is 2.58. The molecular formula is C15H16N2O2. The first-order valence-electron chi connectivity index (χ1n) is 6.55. The number of aromatic nitrogens is 2. The van der Waals surface area contributed by atoms with Crippen LogP contribution in [0.25, 0.3) is 0 Å². The van der Waals surface area contributed by atoms with Crippen LogP contribution in [0.1, 0.15) is 40.6 Å². The van der Waals surface area contributed by atoms with E-state index in [0.29, 0.717) is 12.1 Å². The lowest BCUT2D eigenvalue weighted by molar-refractivity contribution is 0.103. The Morgan fingerprint density at radius 2 is 2.21 bits per heavy atom. The Kier molecular flexibility index (Phi) is 3.42. The minimum Gasteiger partial charge on any atom is -0.372 e. The van der Waals surface area contributed by atoms with Gasteiger partial charge >= 0.3 is 0 Å². The summed E-state index contributed by atoms with van der Waals surface area (Å²) in [4.78, 5) is 11.1. The highest BCUT2D eigenvalue weighted by Gasteiger charge is 2.23. The number of ether oxygens (including phenoxy) is 1. The Labute approximate surface area is 112 Å². The maximum absolute atomic E-state index is 11.1. The number of carbonyl (C=O) groups excluding carboxylic acids is 1. The molecule has 4 nitrogen and oxygen atoms in total. The van der Waals surface area contributed by atoms with E-state index in [4.69, 9.17) is 4.74 Å². The lowest BCUT2D eigenvalue weighted by Crippen LogP contribution is -2.03. The lowest BCUT2D eigenvalue weighted by atomic mass is 10.1. The van der Waals surface area contributed by atoms with Gasteiger partial charge in [-0.05, 0) is 18.4 Å². The van der Waals surface area contributed by atoms with Gasteiger partial charge in [0, 0.05) is 12.8 Å². The molecule has 0 bridgehead atoms. The molecule has 98 valence electrons. The van der Waals surface area contributed by atoms with E-state index in [0.717, 1.165) is 31.4 Å². The third-order valence-corrected chi connectivity index (χ3v) is 3.37. The standard InChI is InChI=1S/C15H16N2O2/c18-11-13-10-17(9-12-5-2-1-3-6-12)16-15(13)14-7-4-8-19-14/h1-3,5-6,10-11,14H,4,7-9H2. The van der Waals surface area contributed by atoms with E-state index in [1.165, 1.54) is 5.56 Å². The van der Waals surface area contributed by atoms with Crippen molar-refractivity contribution in [3.05, 3.63) is 53.3 Å². The second-order valence-electron chi connectivity index (χ2n) is 4.77. The fourth-order valence-corrected chi connectivity index (χ4v) is 2.44. The summed E-state index contributed by atoms with van der Waals surface area (Å²) in [6, 6.07) is 10.1. The van der Waals surface area contributed by atoms with Crippen molar-refractivity contribution in [1.82, 2.24) is 9.78 Å². The summed E-state index contributed by atoms with van der Waals surface area (Å²) in [5, 5.41) is 4.52. The van der Waals surface area contributed by atoms with E-state index in [2.05, 4.69) is 5.10 Å². The molecule has 0 amide bonds. The minimum absolute atomic E-state index is 0.0165. The molecule has 0 N–H and O–H groups in total. The number of nitrogens with zero attached hydrogens (tertiary/aromatic N) is 2. The van der Waals surface area contributed by atoms with Crippen LogP contribution in [-0.2, 0) is 11.3 Å². The number of hydrogen-bond donors (Lipinski definition) is 0. The average Bonchev–Trinajstić information content (AvgIpc) is 3.08. The molecule has 4 heteroatoms. The van der Waals surface area contributed by atoms with Crippen molar-refractivity contribution in [2.75, 3.05) is 6.61 Å². The summed E-state index contributed by atoms with van der Waals surface area (Å²) >= 11 is 0. The molecular weight excluding hydrogens is 240 g/mol. The molecule has 1 aromatic heterocycles. The quantitative estimate of drug-likeness (QED) is 0.790. The molecule has 19 heavy (non-hydrogen) atoms. The van der Waals surface area contributed by atoms with E-state index in [-0.39, 0.29) is 6.10 Å². The highest BCUT2D eigenvalue weighted by atomic mass is 16.5. The molecule has 0 saturated carbocycles. The molecule has 1 atom stereocenters. The molecule has 1 saturated heterocycles. The predicted octanol–water partition coefficient (Wildman–Crippen LogP) is 2.60. The monoisotopic (exact) mass is 256 g/mol. The van der Waals surface area contributed by atoms with Crippen LogP contribution in [0.2, 0.25) is 0 Å². The Morgan fingerprint density at radius 1 is 1.37 bits per heavy atom. The van der Waals surface area contributed by atoms with Gasteiger partial charge < -0.3 is 4.74 Å². The first kappa shape index (κ1) is 12.1. The molecule has 2 heterocycles. The van der Waals surface area contributed by atoms with Crippen LogP contribution in [0.5, 0.6) is 0 Å². The fraction of sp³-hybridized carbons (Fsp3) is 0.333. The Balaban J connectivity index is 1.84. The maximum atomic E-state index is 11.1. The minimum atomic E-state index is -0.0165. The number of rotatable bonds is 4. The van der Waals surface area contributed by atoms with Crippen LogP contribution in [0.3, 0.4) is 0 Å². The normalized spacial score (nSPS) is 18.6. The van der Waals surface area contributed by atoms with Gasteiger partial charge in [-0.3, -0.25) is 9.48 Å². The zero-order valence-corrected chi connectivity index (χ0v) is 10.7. The highest BCUT2D eigenvalue weighted by molar-refractivity contribution is 5.76. The maximum Gasteiger partial charge on any atom is 0.153 e. The molecule has 1 unspecified atom stereocenters. The molecule has 1 aliphatic heterocycles. The topological polar surface area (TPSA) is 44.1 Å². The van der Waals surface area contributed by atoms with Gasteiger partial charge in [0.2, 0.25) is 0 Å². The van der Waals surface area contributed by atoms with E-state index in [1.54, 1.807) is 6.20 Å². The predicted molar refractivity (Wildman–Crippen MR) is 71.1 cm³/mol. The average molecular weight is 256 g/mol. The van der Waals surface area contributed by atoms with Crippen LogP contribution < -0.4 is 0 Å². The largest absolute Gasteiger partial charge is 0.372 e. The van der Waals surface area contributed by atoms with Crippen molar-refractivity contribution in [2.24, 2.45) is 0 Å². The van der Waals surface area contributed by atoms with Crippen molar-refractivity contribution in [1.29, 1.82) is 0 Å². The van der Waals surface area contributed by atoms with Crippen molar-refractivity contribution in [3.8, 4) is 0 Å². The Morgan fingerprint density at radius 3 is 2.89 bits per heavy atom. The lowest BCUT2D eigenvalue weighted by Gasteiger charge is -2.06. The van der Waals surface area contributed by atoms with Crippen LogP contribution in [0.4, 0.5) is 0 Å². The van der Waals surface area contributed by atoms with Crippen LogP contribution in [-0.4, -0.2) is 22.7 Å². The first-order chi connectivity index (χ1) is 9.36. The molecule has 2 aromatic rings. The Hall–Kier alpha value is -1.94. The molecule has 1 aromatic carbocycles. The van der Waals surface area contributed by atoms with Gasteiger partial charge in [-0.2, -0.15) is 5.10 Å². The molecule has 0 aliphatic carbocycles. The van der Waals surface area contributed by atoms with Gasteiger partial charge in [-0.1, -0.05) is 30.3 Å². The van der Waals surface area contributed by atoms with Crippen LogP contribution >= 0.6 is 0 Å². The van der Waals surface area contributed by atoms with Crippen LogP contribution in [0, 0.1) is 0 Å². The molecule has 3 rings (SSSR count). The van der Waals surface area contributed by atoms with Crippen LogP contribution in [0.15, 0.2) is 36.5 Å². The van der Waals surface area contributed by atoms with Crippen molar-refractivity contribution >= 4 is 6.29 Å². The van der Waals surface area contributed by atoms with Gasteiger partial charge in [0.15, 0.2) is 6.29 Å². The zero-order chi connectivity index (χ0) is 13.1. The summed E-state index contributed by atoms with van der Waals surface area (Å²) in [5.74, 6) is 0. The summed E-state index contributed by atoms with van der Waals surface area (Å²) in [7, 11) is 0. The van der Waals surface area contributed by atoms with Crippen molar-refractivity contribution in [3.63, 3.8) is 0 Å². The van der Waals surface area contributed by atoms with E-state index in [1.807, 2.05) is 35.0 Å².